The van der Waals surface area contributed by atoms with Gasteiger partial charge in [0.15, 0.2) is 0 Å². The van der Waals surface area contributed by atoms with Gasteiger partial charge in [0.25, 0.3) is 5.91 Å². The van der Waals surface area contributed by atoms with E-state index in [1.807, 2.05) is 19.9 Å². The lowest BCUT2D eigenvalue weighted by Crippen LogP contribution is -2.58. The number of nitrogens with two attached hydrogens (primary N) is 1. The molecule has 0 radical (unpaired) electrons. The van der Waals surface area contributed by atoms with Gasteiger partial charge in [0, 0.05) is 13.1 Å². The van der Waals surface area contributed by atoms with E-state index >= 15 is 0 Å². The lowest BCUT2D eigenvalue weighted by atomic mass is 9.77. The molecule has 1 aliphatic rings. The minimum absolute atomic E-state index is 0.0578. The Morgan fingerprint density at radius 3 is 2.82 bits per heavy atom. The average molecular weight is 236 g/mol. The van der Waals surface area contributed by atoms with E-state index in [0.717, 1.165) is 25.0 Å². The zero-order chi connectivity index (χ0) is 12.5. The van der Waals surface area contributed by atoms with Gasteiger partial charge in [-0.25, -0.2) is 0 Å². The Balaban J connectivity index is 2.14. The second kappa shape index (κ2) is 4.49. The van der Waals surface area contributed by atoms with Crippen molar-refractivity contribution in [3.63, 3.8) is 0 Å². The number of hydrogen-bond donors (Lipinski definition) is 2. The zero-order valence-corrected chi connectivity index (χ0v) is 10.5. The van der Waals surface area contributed by atoms with Gasteiger partial charge in [-0.05, 0) is 39.2 Å². The number of rotatable bonds is 4. The van der Waals surface area contributed by atoms with E-state index < -0.39 is 0 Å². The number of carbonyl (C=O) groups excluding carboxylic acids is 1. The van der Waals surface area contributed by atoms with Gasteiger partial charge in [-0.15, -0.1) is 0 Å². The van der Waals surface area contributed by atoms with Crippen LogP contribution in [0.4, 0.5) is 0 Å². The third-order valence-corrected chi connectivity index (χ3v) is 3.51. The maximum absolute atomic E-state index is 12.2. The maximum atomic E-state index is 12.2. The molecule has 0 aromatic carbocycles. The number of aryl methyl sites for hydroxylation is 2. The Morgan fingerprint density at radius 2 is 2.35 bits per heavy atom. The Hall–Kier alpha value is -1.36. The molecule has 3 N–H and O–H groups in total. The van der Waals surface area contributed by atoms with Crippen LogP contribution in [0.25, 0.3) is 0 Å². The summed E-state index contributed by atoms with van der Waals surface area (Å²) in [4.78, 5) is 12.2. The summed E-state index contributed by atoms with van der Waals surface area (Å²) in [6.07, 6.45) is 3.10. The molecule has 1 aliphatic carbocycles. The third-order valence-electron chi connectivity index (χ3n) is 3.51. The molecule has 1 aromatic heterocycles. The van der Waals surface area contributed by atoms with Crippen molar-refractivity contribution >= 4 is 5.91 Å². The topological polar surface area (TPSA) is 72.9 Å². The van der Waals surface area contributed by atoms with Crippen LogP contribution >= 0.6 is 0 Å². The average Bonchev–Trinajstić information content (AvgIpc) is 2.65. The number of aromatic nitrogens is 2. The molecule has 0 atom stereocenters. The van der Waals surface area contributed by atoms with Gasteiger partial charge < -0.3 is 11.1 Å². The van der Waals surface area contributed by atoms with Crippen molar-refractivity contribution in [1.29, 1.82) is 0 Å². The highest BCUT2D eigenvalue weighted by atomic mass is 16.2. The number of nitrogens with zero attached hydrogens (tertiary/aromatic N) is 2. The van der Waals surface area contributed by atoms with Crippen LogP contribution < -0.4 is 11.1 Å². The van der Waals surface area contributed by atoms with Crippen LogP contribution in [0.5, 0.6) is 0 Å². The predicted molar refractivity (Wildman–Crippen MR) is 65.7 cm³/mol. The summed E-state index contributed by atoms with van der Waals surface area (Å²) in [5.74, 6) is -0.0578. The minimum Gasteiger partial charge on any atom is -0.344 e. The fraction of sp³-hybridized carbons (Fsp3) is 0.667. The van der Waals surface area contributed by atoms with Gasteiger partial charge in [-0.3, -0.25) is 9.48 Å². The third kappa shape index (κ3) is 2.20. The van der Waals surface area contributed by atoms with Gasteiger partial charge in [0.05, 0.1) is 11.2 Å². The molecule has 0 bridgehead atoms. The summed E-state index contributed by atoms with van der Waals surface area (Å²) < 4.78 is 1.73. The molecule has 17 heavy (non-hydrogen) atoms. The molecule has 1 fully saturated rings. The van der Waals surface area contributed by atoms with Crippen LogP contribution in [0.2, 0.25) is 0 Å². The second-order valence-corrected chi connectivity index (χ2v) is 4.78. The van der Waals surface area contributed by atoms with E-state index in [0.29, 0.717) is 18.8 Å². The van der Waals surface area contributed by atoms with Crippen LogP contribution in [-0.2, 0) is 6.54 Å². The van der Waals surface area contributed by atoms with E-state index in [9.17, 15) is 4.79 Å². The summed E-state index contributed by atoms with van der Waals surface area (Å²) >= 11 is 0. The molecule has 5 nitrogen and oxygen atoms in total. The van der Waals surface area contributed by atoms with Crippen LogP contribution in [0.1, 0.15) is 42.4 Å². The van der Waals surface area contributed by atoms with Crippen molar-refractivity contribution < 1.29 is 4.79 Å². The zero-order valence-electron chi connectivity index (χ0n) is 10.5. The largest absolute Gasteiger partial charge is 0.344 e. The molecule has 2 rings (SSSR count). The number of hydrogen-bond acceptors (Lipinski definition) is 3. The molecule has 1 aromatic rings. The quantitative estimate of drug-likeness (QED) is 0.813. The van der Waals surface area contributed by atoms with Gasteiger partial charge in [0.1, 0.15) is 5.69 Å². The van der Waals surface area contributed by atoms with E-state index in [1.54, 1.807) is 4.68 Å². The molecule has 0 unspecified atom stereocenters. The molecular formula is C12H20N4O. The minimum atomic E-state index is -0.173. The monoisotopic (exact) mass is 236 g/mol. The molecule has 94 valence electrons. The lowest BCUT2D eigenvalue weighted by Gasteiger charge is -2.41. The second-order valence-electron chi connectivity index (χ2n) is 4.78. The van der Waals surface area contributed by atoms with Crippen molar-refractivity contribution in [2.75, 3.05) is 6.54 Å². The molecule has 1 saturated carbocycles. The number of carbonyl (C=O) groups is 1. The predicted octanol–water partition coefficient (Wildman–Crippen LogP) is 0.823. The molecule has 1 heterocycles. The normalized spacial score (nSPS) is 17.6. The summed E-state index contributed by atoms with van der Waals surface area (Å²) in [5, 5.41) is 7.33. The lowest BCUT2D eigenvalue weighted by molar-refractivity contribution is 0.0826. The SMILES string of the molecule is CCn1nc(C)cc1C(=O)NC1(CN)CCC1. The van der Waals surface area contributed by atoms with E-state index in [4.69, 9.17) is 5.73 Å². The van der Waals surface area contributed by atoms with E-state index in [-0.39, 0.29) is 11.4 Å². The van der Waals surface area contributed by atoms with Crippen LogP contribution in [0, 0.1) is 6.92 Å². The highest BCUT2D eigenvalue weighted by Crippen LogP contribution is 2.30. The summed E-state index contributed by atoms with van der Waals surface area (Å²) in [6.45, 7) is 5.08. The van der Waals surface area contributed by atoms with Crippen molar-refractivity contribution in [3.05, 3.63) is 17.5 Å². The van der Waals surface area contributed by atoms with Gasteiger partial charge in [0.2, 0.25) is 0 Å². The highest BCUT2D eigenvalue weighted by Gasteiger charge is 2.37. The van der Waals surface area contributed by atoms with Crippen molar-refractivity contribution in [2.45, 2.75) is 45.2 Å². The standard InChI is InChI=1S/C12H20N4O/c1-3-16-10(7-9(2)15-16)11(17)14-12(8-13)5-4-6-12/h7H,3-6,8,13H2,1-2H3,(H,14,17). The first-order valence-corrected chi connectivity index (χ1v) is 6.17. The van der Waals surface area contributed by atoms with Crippen LogP contribution in [-0.4, -0.2) is 27.8 Å². The molecule has 5 heteroatoms. The molecular weight excluding hydrogens is 216 g/mol. The molecule has 0 spiro atoms. The maximum Gasteiger partial charge on any atom is 0.270 e. The highest BCUT2D eigenvalue weighted by molar-refractivity contribution is 5.93. The fourth-order valence-corrected chi connectivity index (χ4v) is 2.26. The fourth-order valence-electron chi connectivity index (χ4n) is 2.26. The van der Waals surface area contributed by atoms with Crippen molar-refractivity contribution in [3.8, 4) is 0 Å². The molecule has 1 amide bonds. The summed E-state index contributed by atoms with van der Waals surface area (Å²) in [7, 11) is 0. The molecule has 0 saturated heterocycles. The first-order valence-electron chi connectivity index (χ1n) is 6.17. The Bertz CT molecular complexity index is 415. The Morgan fingerprint density at radius 1 is 1.65 bits per heavy atom. The summed E-state index contributed by atoms with van der Waals surface area (Å²) in [6, 6.07) is 1.82. The van der Waals surface area contributed by atoms with E-state index in [2.05, 4.69) is 10.4 Å². The Labute approximate surface area is 101 Å². The Kier molecular flexibility index (Phi) is 3.19. The first kappa shape index (κ1) is 12.1. The molecule has 0 aliphatic heterocycles. The van der Waals surface area contributed by atoms with E-state index in [1.165, 1.54) is 0 Å². The van der Waals surface area contributed by atoms with Crippen LogP contribution in [0.15, 0.2) is 6.07 Å². The van der Waals surface area contributed by atoms with Crippen LogP contribution in [0.3, 0.4) is 0 Å². The van der Waals surface area contributed by atoms with Crippen molar-refractivity contribution in [2.24, 2.45) is 5.73 Å². The first-order chi connectivity index (χ1) is 8.10. The van der Waals surface area contributed by atoms with Gasteiger partial charge >= 0.3 is 0 Å². The number of nitrogens with one attached hydrogen (secondary N) is 1. The van der Waals surface area contributed by atoms with Gasteiger partial charge in [-0.1, -0.05) is 0 Å². The number of amides is 1. The summed E-state index contributed by atoms with van der Waals surface area (Å²) in [5.41, 5.74) is 7.06. The smallest absolute Gasteiger partial charge is 0.270 e. The van der Waals surface area contributed by atoms with Crippen molar-refractivity contribution in [1.82, 2.24) is 15.1 Å². The van der Waals surface area contributed by atoms with Gasteiger partial charge in [-0.2, -0.15) is 5.10 Å².